The van der Waals surface area contributed by atoms with Crippen LogP contribution in [0, 0.1) is 5.41 Å². The topological polar surface area (TPSA) is 76.5 Å². The molecule has 16 heavy (non-hydrogen) atoms. The van der Waals surface area contributed by atoms with Crippen molar-refractivity contribution in [2.75, 3.05) is 6.61 Å². The van der Waals surface area contributed by atoms with Gasteiger partial charge in [0.2, 0.25) is 0 Å². The molecule has 0 saturated heterocycles. The maximum absolute atomic E-state index is 10.8. The first kappa shape index (κ1) is 12.2. The maximum atomic E-state index is 10.8. The highest BCUT2D eigenvalue weighted by atomic mass is 16.5. The van der Waals surface area contributed by atoms with Crippen LogP contribution in [0.3, 0.4) is 0 Å². The molecule has 0 radical (unpaired) electrons. The molecule has 0 atom stereocenters. The van der Waals surface area contributed by atoms with E-state index in [1.807, 2.05) is 0 Å². The second kappa shape index (κ2) is 4.74. The van der Waals surface area contributed by atoms with Crippen LogP contribution in [0.4, 0.5) is 0 Å². The quantitative estimate of drug-likeness (QED) is 0.763. The van der Waals surface area contributed by atoms with Crippen LogP contribution in [0.5, 0.6) is 5.75 Å². The van der Waals surface area contributed by atoms with Gasteiger partial charge in [-0.3, -0.25) is 9.59 Å². The fourth-order valence-electron chi connectivity index (χ4n) is 0.872. The summed E-state index contributed by atoms with van der Waals surface area (Å²) in [6.07, 6.45) is 2.02. The Morgan fingerprint density at radius 3 is 2.69 bits per heavy atom. The third-order valence-corrected chi connectivity index (χ3v) is 2.06. The molecule has 0 saturated carbocycles. The minimum absolute atomic E-state index is 0.0461. The number of aromatic nitrogens is 1. The number of aliphatic carboxylic acids is 1. The summed E-state index contributed by atoms with van der Waals surface area (Å²) in [7, 11) is 0. The van der Waals surface area contributed by atoms with Gasteiger partial charge in [-0.25, -0.2) is 4.98 Å². The number of rotatable bonds is 5. The van der Waals surface area contributed by atoms with Gasteiger partial charge in [-0.1, -0.05) is 0 Å². The third-order valence-electron chi connectivity index (χ3n) is 2.06. The largest absolute Gasteiger partial charge is 0.491 e. The number of carbonyl (C=O) groups excluding carboxylic acids is 1. The van der Waals surface area contributed by atoms with Gasteiger partial charge in [0.1, 0.15) is 18.1 Å². The van der Waals surface area contributed by atoms with Gasteiger partial charge in [-0.15, -0.1) is 0 Å². The zero-order valence-corrected chi connectivity index (χ0v) is 9.14. The highest BCUT2D eigenvalue weighted by Crippen LogP contribution is 2.18. The van der Waals surface area contributed by atoms with E-state index in [9.17, 15) is 9.59 Å². The molecule has 1 aromatic heterocycles. The zero-order chi connectivity index (χ0) is 12.2. The van der Waals surface area contributed by atoms with Crippen molar-refractivity contribution in [1.82, 2.24) is 4.98 Å². The van der Waals surface area contributed by atoms with E-state index < -0.39 is 11.4 Å². The number of pyridine rings is 1. The summed E-state index contributed by atoms with van der Waals surface area (Å²) in [5.74, 6) is -0.482. The number of ether oxygens (including phenoxy) is 1. The van der Waals surface area contributed by atoms with Crippen LogP contribution in [0.25, 0.3) is 0 Å². The minimum atomic E-state index is -0.955. The third kappa shape index (κ3) is 3.05. The second-order valence-corrected chi connectivity index (χ2v) is 4.01. The van der Waals surface area contributed by atoms with E-state index in [0.29, 0.717) is 17.7 Å². The smallest absolute Gasteiger partial charge is 0.312 e. The van der Waals surface area contributed by atoms with Crippen LogP contribution < -0.4 is 4.74 Å². The molecule has 5 nitrogen and oxygen atoms in total. The van der Waals surface area contributed by atoms with Gasteiger partial charge in [0, 0.05) is 0 Å². The van der Waals surface area contributed by atoms with E-state index in [2.05, 4.69) is 4.98 Å². The van der Waals surface area contributed by atoms with E-state index >= 15 is 0 Å². The summed E-state index contributed by atoms with van der Waals surface area (Å²) < 4.78 is 5.27. The number of hydrogen-bond donors (Lipinski definition) is 1. The Bertz CT molecular complexity index is 383. The minimum Gasteiger partial charge on any atom is -0.491 e. The fraction of sp³-hybridized carbons (Fsp3) is 0.364. The van der Waals surface area contributed by atoms with Crippen molar-refractivity contribution in [1.29, 1.82) is 0 Å². The molecule has 0 spiro atoms. The molecule has 0 bridgehead atoms. The van der Waals surface area contributed by atoms with Crippen LogP contribution in [-0.4, -0.2) is 29.0 Å². The van der Waals surface area contributed by atoms with Gasteiger partial charge in [0.05, 0.1) is 11.6 Å². The summed E-state index contributed by atoms with van der Waals surface area (Å²) in [6.45, 7) is 3.19. The van der Waals surface area contributed by atoms with Gasteiger partial charge >= 0.3 is 5.97 Å². The summed E-state index contributed by atoms with van der Waals surface area (Å²) in [4.78, 5) is 24.9. The maximum Gasteiger partial charge on any atom is 0.312 e. The molecule has 1 heterocycles. The van der Waals surface area contributed by atoms with E-state index in [4.69, 9.17) is 9.84 Å². The van der Waals surface area contributed by atoms with E-state index in [-0.39, 0.29) is 6.61 Å². The summed E-state index contributed by atoms with van der Waals surface area (Å²) >= 11 is 0. The monoisotopic (exact) mass is 223 g/mol. The molecule has 86 valence electrons. The van der Waals surface area contributed by atoms with Gasteiger partial charge in [-0.2, -0.15) is 0 Å². The van der Waals surface area contributed by atoms with Crippen molar-refractivity contribution in [3.63, 3.8) is 0 Å². The number of carbonyl (C=O) groups is 2. The van der Waals surface area contributed by atoms with Crippen molar-refractivity contribution in [2.45, 2.75) is 13.8 Å². The fourth-order valence-corrected chi connectivity index (χ4v) is 0.872. The zero-order valence-electron chi connectivity index (χ0n) is 9.14. The Balaban J connectivity index is 2.61. The van der Waals surface area contributed by atoms with E-state index in [0.717, 1.165) is 0 Å². The van der Waals surface area contributed by atoms with Crippen molar-refractivity contribution in [2.24, 2.45) is 5.41 Å². The predicted molar refractivity (Wildman–Crippen MR) is 56.5 cm³/mol. The molecule has 1 aromatic rings. The Morgan fingerprint density at radius 2 is 2.25 bits per heavy atom. The summed E-state index contributed by atoms with van der Waals surface area (Å²) in [5, 5.41) is 8.86. The molecule has 0 aliphatic rings. The van der Waals surface area contributed by atoms with Crippen molar-refractivity contribution in [3.05, 3.63) is 24.0 Å². The van der Waals surface area contributed by atoms with Gasteiger partial charge in [-0.05, 0) is 26.0 Å². The lowest BCUT2D eigenvalue weighted by Gasteiger charge is -2.19. The normalized spacial score (nSPS) is 10.9. The first-order valence-corrected chi connectivity index (χ1v) is 4.73. The van der Waals surface area contributed by atoms with Crippen molar-refractivity contribution >= 4 is 12.3 Å². The molecule has 0 unspecified atom stereocenters. The highest BCUT2D eigenvalue weighted by Gasteiger charge is 2.28. The molecule has 0 amide bonds. The summed E-state index contributed by atoms with van der Waals surface area (Å²) in [6, 6.07) is 3.09. The Kier molecular flexibility index (Phi) is 3.60. The Hall–Kier alpha value is -1.91. The van der Waals surface area contributed by atoms with Gasteiger partial charge in [0.25, 0.3) is 0 Å². The number of hydrogen-bond acceptors (Lipinski definition) is 4. The molecule has 0 fully saturated rings. The molecule has 0 aliphatic carbocycles. The van der Waals surface area contributed by atoms with E-state index in [1.165, 1.54) is 12.3 Å². The Labute approximate surface area is 93.1 Å². The van der Waals surface area contributed by atoms with Crippen LogP contribution in [0.15, 0.2) is 18.3 Å². The molecule has 0 aliphatic heterocycles. The van der Waals surface area contributed by atoms with Crippen LogP contribution in [0.1, 0.15) is 24.3 Å². The SMILES string of the molecule is CC(C)(COc1ccc(C=O)nc1)C(=O)O. The Morgan fingerprint density at radius 1 is 1.56 bits per heavy atom. The number of carboxylic acid groups (broad SMARTS) is 1. The van der Waals surface area contributed by atoms with Crippen molar-refractivity contribution in [3.8, 4) is 5.75 Å². The molecule has 1 rings (SSSR count). The van der Waals surface area contributed by atoms with Gasteiger partial charge < -0.3 is 9.84 Å². The van der Waals surface area contributed by atoms with Gasteiger partial charge in [0.15, 0.2) is 6.29 Å². The first-order chi connectivity index (χ1) is 7.45. The standard InChI is InChI=1S/C11H13NO4/c1-11(2,10(14)15)7-16-9-4-3-8(6-13)12-5-9/h3-6H,7H2,1-2H3,(H,14,15). The van der Waals surface area contributed by atoms with Crippen molar-refractivity contribution < 1.29 is 19.4 Å². The molecule has 5 heteroatoms. The van der Waals surface area contributed by atoms with E-state index in [1.54, 1.807) is 19.9 Å². The average molecular weight is 223 g/mol. The average Bonchev–Trinajstić information content (AvgIpc) is 2.27. The first-order valence-electron chi connectivity index (χ1n) is 4.73. The summed E-state index contributed by atoms with van der Waals surface area (Å²) in [5.41, 5.74) is -0.645. The molecule has 1 N–H and O–H groups in total. The predicted octanol–water partition coefficient (Wildman–Crippen LogP) is 1.38. The van der Waals surface area contributed by atoms with Crippen LogP contribution >= 0.6 is 0 Å². The highest BCUT2D eigenvalue weighted by molar-refractivity contribution is 5.73. The lowest BCUT2D eigenvalue weighted by atomic mass is 9.95. The molecular formula is C11H13NO4. The van der Waals surface area contributed by atoms with Crippen LogP contribution in [-0.2, 0) is 4.79 Å². The second-order valence-electron chi connectivity index (χ2n) is 4.01. The number of aldehydes is 1. The van der Waals surface area contributed by atoms with Crippen LogP contribution in [0.2, 0.25) is 0 Å². The molecule has 0 aromatic carbocycles. The number of nitrogens with zero attached hydrogens (tertiary/aromatic N) is 1. The molecular weight excluding hydrogens is 210 g/mol. The lowest BCUT2D eigenvalue weighted by molar-refractivity contribution is -0.148. The lowest BCUT2D eigenvalue weighted by Crippen LogP contribution is -2.30. The number of carboxylic acids is 1.